The van der Waals surface area contributed by atoms with Gasteiger partial charge >= 0.3 is 5.97 Å². The molecule has 146 valence electrons. The van der Waals surface area contributed by atoms with Crippen molar-refractivity contribution in [2.45, 2.75) is 44.6 Å². The molecule has 2 aliphatic carbocycles. The molecular weight excluding hydrogens is 346 g/mol. The number of hydrogen-bond donors (Lipinski definition) is 1. The highest BCUT2D eigenvalue weighted by atomic mass is 16.5. The van der Waals surface area contributed by atoms with Crippen molar-refractivity contribution in [1.29, 1.82) is 0 Å². The summed E-state index contributed by atoms with van der Waals surface area (Å²) in [6, 6.07) is 3.32. The van der Waals surface area contributed by atoms with E-state index < -0.39 is 12.0 Å². The molecule has 0 aromatic heterocycles. The van der Waals surface area contributed by atoms with Crippen LogP contribution in [0, 0.1) is 17.8 Å². The Kier molecular flexibility index (Phi) is 4.74. The van der Waals surface area contributed by atoms with Gasteiger partial charge in [0.15, 0.2) is 11.5 Å². The summed E-state index contributed by atoms with van der Waals surface area (Å²) in [4.78, 5) is 26.7. The predicted molar refractivity (Wildman–Crippen MR) is 98.9 cm³/mol. The lowest BCUT2D eigenvalue weighted by molar-refractivity contribution is -0.142. The summed E-state index contributed by atoms with van der Waals surface area (Å²) in [5.41, 5.74) is 1.91. The van der Waals surface area contributed by atoms with Crippen LogP contribution in [0.1, 0.15) is 49.3 Å². The monoisotopic (exact) mass is 373 g/mol. The van der Waals surface area contributed by atoms with Crippen molar-refractivity contribution in [3.8, 4) is 11.5 Å². The van der Waals surface area contributed by atoms with Crippen LogP contribution in [0.3, 0.4) is 0 Å². The van der Waals surface area contributed by atoms with Gasteiger partial charge in [-0.1, -0.05) is 12.8 Å². The minimum absolute atomic E-state index is 0.0870. The van der Waals surface area contributed by atoms with E-state index >= 15 is 0 Å². The normalized spacial score (nSPS) is 28.7. The van der Waals surface area contributed by atoms with E-state index in [1.165, 1.54) is 12.8 Å². The number of amides is 1. The van der Waals surface area contributed by atoms with E-state index in [-0.39, 0.29) is 18.2 Å². The number of carboxylic acid groups (broad SMARTS) is 1. The summed E-state index contributed by atoms with van der Waals surface area (Å²) in [5, 5.41) is 9.48. The second-order valence-electron chi connectivity index (χ2n) is 7.94. The molecule has 6 heteroatoms. The zero-order valence-corrected chi connectivity index (χ0v) is 15.9. The standard InChI is InChI=1S/C21H27NO5/c1-26-17-9-12-7-8-22(21(25)20-13-5-3-4-6-14(13)20)16(11-19(23)24)15(12)10-18(17)27-2/h9-10,13-14,16,20H,3-8,11H2,1-2H3,(H,23,24). The van der Waals surface area contributed by atoms with Gasteiger partial charge in [0.1, 0.15) is 0 Å². The summed E-state index contributed by atoms with van der Waals surface area (Å²) >= 11 is 0. The lowest BCUT2D eigenvalue weighted by Gasteiger charge is -2.37. The smallest absolute Gasteiger partial charge is 0.305 e. The van der Waals surface area contributed by atoms with Crippen molar-refractivity contribution < 1.29 is 24.2 Å². The zero-order chi connectivity index (χ0) is 19.1. The summed E-state index contributed by atoms with van der Waals surface area (Å²) in [6.45, 7) is 0.565. The largest absolute Gasteiger partial charge is 0.493 e. The first-order valence-corrected chi connectivity index (χ1v) is 9.82. The lowest BCUT2D eigenvalue weighted by Crippen LogP contribution is -2.42. The van der Waals surface area contributed by atoms with Gasteiger partial charge in [0, 0.05) is 12.5 Å². The first-order valence-electron chi connectivity index (χ1n) is 9.82. The molecule has 2 saturated carbocycles. The van der Waals surface area contributed by atoms with Gasteiger partial charge in [0.25, 0.3) is 0 Å². The van der Waals surface area contributed by atoms with Crippen LogP contribution in [-0.4, -0.2) is 42.6 Å². The van der Waals surface area contributed by atoms with Crippen LogP contribution in [-0.2, 0) is 16.0 Å². The van der Waals surface area contributed by atoms with Crippen LogP contribution in [0.4, 0.5) is 0 Å². The molecule has 3 unspecified atom stereocenters. The van der Waals surface area contributed by atoms with Gasteiger partial charge in [-0.05, 0) is 54.4 Å². The van der Waals surface area contributed by atoms with E-state index in [4.69, 9.17) is 9.47 Å². The maximum absolute atomic E-state index is 13.3. The van der Waals surface area contributed by atoms with Crippen LogP contribution < -0.4 is 9.47 Å². The number of rotatable bonds is 5. The molecule has 3 aliphatic rings. The molecule has 6 nitrogen and oxygen atoms in total. The number of ether oxygens (including phenoxy) is 2. The maximum atomic E-state index is 13.3. The molecule has 1 N–H and O–H groups in total. The van der Waals surface area contributed by atoms with E-state index in [1.807, 2.05) is 17.0 Å². The Hall–Kier alpha value is -2.24. The molecule has 0 saturated heterocycles. The number of nitrogens with zero attached hydrogens (tertiary/aromatic N) is 1. The first-order chi connectivity index (χ1) is 13.0. The van der Waals surface area contributed by atoms with Crippen molar-refractivity contribution >= 4 is 11.9 Å². The Balaban J connectivity index is 1.65. The number of carboxylic acids is 1. The molecule has 4 rings (SSSR count). The fourth-order valence-corrected chi connectivity index (χ4v) is 5.23. The Morgan fingerprint density at radius 3 is 2.33 bits per heavy atom. The number of carbonyl (C=O) groups is 2. The molecule has 1 aromatic rings. The third-order valence-electron chi connectivity index (χ3n) is 6.60. The van der Waals surface area contributed by atoms with Gasteiger partial charge in [-0.25, -0.2) is 0 Å². The van der Waals surface area contributed by atoms with E-state index in [0.717, 1.165) is 24.0 Å². The fourth-order valence-electron chi connectivity index (χ4n) is 5.23. The molecule has 0 bridgehead atoms. The van der Waals surface area contributed by atoms with E-state index in [9.17, 15) is 14.7 Å². The van der Waals surface area contributed by atoms with Gasteiger partial charge in [-0.2, -0.15) is 0 Å². The molecule has 0 spiro atoms. The maximum Gasteiger partial charge on any atom is 0.305 e. The number of hydrogen-bond acceptors (Lipinski definition) is 4. The molecular formula is C21H27NO5. The summed E-state index contributed by atoms with van der Waals surface area (Å²) < 4.78 is 10.8. The highest BCUT2D eigenvalue weighted by Gasteiger charge is 2.56. The van der Waals surface area contributed by atoms with Crippen molar-refractivity contribution in [1.82, 2.24) is 4.90 Å². The molecule has 1 aliphatic heterocycles. The van der Waals surface area contributed by atoms with Gasteiger partial charge in [0.05, 0.1) is 26.7 Å². The van der Waals surface area contributed by atoms with Crippen molar-refractivity contribution in [3.63, 3.8) is 0 Å². The Morgan fingerprint density at radius 1 is 1.11 bits per heavy atom. The number of aliphatic carboxylic acids is 1. The van der Waals surface area contributed by atoms with Crippen LogP contribution in [0.2, 0.25) is 0 Å². The van der Waals surface area contributed by atoms with Gasteiger partial charge in [0.2, 0.25) is 5.91 Å². The first kappa shape index (κ1) is 18.1. The molecule has 0 radical (unpaired) electrons. The highest BCUT2D eigenvalue weighted by Crippen LogP contribution is 2.57. The van der Waals surface area contributed by atoms with Crippen LogP contribution >= 0.6 is 0 Å². The molecule has 1 amide bonds. The Labute approximate surface area is 159 Å². The Morgan fingerprint density at radius 2 is 1.74 bits per heavy atom. The van der Waals surface area contributed by atoms with E-state index in [1.54, 1.807) is 14.2 Å². The minimum atomic E-state index is -0.895. The minimum Gasteiger partial charge on any atom is -0.493 e. The van der Waals surface area contributed by atoms with Crippen LogP contribution in [0.15, 0.2) is 12.1 Å². The molecule has 1 aromatic carbocycles. The van der Waals surface area contributed by atoms with Crippen LogP contribution in [0.25, 0.3) is 0 Å². The quantitative estimate of drug-likeness (QED) is 0.859. The summed E-state index contributed by atoms with van der Waals surface area (Å²) in [7, 11) is 3.16. The van der Waals surface area contributed by atoms with Gasteiger partial charge < -0.3 is 19.5 Å². The molecule has 1 heterocycles. The second kappa shape index (κ2) is 7.06. The average molecular weight is 373 g/mol. The number of benzene rings is 1. The van der Waals surface area contributed by atoms with E-state index in [0.29, 0.717) is 36.3 Å². The summed E-state index contributed by atoms with van der Waals surface area (Å²) in [5.74, 6) is 1.60. The van der Waals surface area contributed by atoms with Crippen molar-refractivity contribution in [2.24, 2.45) is 17.8 Å². The van der Waals surface area contributed by atoms with Gasteiger partial charge in [-0.3, -0.25) is 9.59 Å². The summed E-state index contributed by atoms with van der Waals surface area (Å²) in [6.07, 6.45) is 5.32. The van der Waals surface area contributed by atoms with Crippen molar-refractivity contribution in [3.05, 3.63) is 23.3 Å². The number of methoxy groups -OCH3 is 2. The highest BCUT2D eigenvalue weighted by molar-refractivity contribution is 5.84. The lowest BCUT2D eigenvalue weighted by atomic mass is 9.89. The van der Waals surface area contributed by atoms with E-state index in [2.05, 4.69) is 0 Å². The number of carbonyl (C=O) groups excluding carboxylic acids is 1. The van der Waals surface area contributed by atoms with Crippen LogP contribution in [0.5, 0.6) is 11.5 Å². The molecule has 3 atom stereocenters. The third kappa shape index (κ3) is 3.15. The molecule has 2 fully saturated rings. The SMILES string of the molecule is COc1cc2c(cc1OC)C(CC(=O)O)N(C(=O)C1C3CCCCC31)CC2. The average Bonchev–Trinajstić information content (AvgIpc) is 3.40. The predicted octanol–water partition coefficient (Wildman–Crippen LogP) is 3.04. The third-order valence-corrected chi connectivity index (χ3v) is 6.60. The van der Waals surface area contributed by atoms with Crippen molar-refractivity contribution in [2.75, 3.05) is 20.8 Å². The fraction of sp³-hybridized carbons (Fsp3) is 0.619. The van der Waals surface area contributed by atoms with Gasteiger partial charge in [-0.15, -0.1) is 0 Å². The number of fused-ring (bicyclic) bond motifs is 2. The molecule has 27 heavy (non-hydrogen) atoms. The Bertz CT molecular complexity index is 749. The zero-order valence-electron chi connectivity index (χ0n) is 15.9. The topological polar surface area (TPSA) is 76.1 Å². The second-order valence-corrected chi connectivity index (χ2v) is 7.94.